The number of hydrogen-bond donors (Lipinski definition) is 3. The summed E-state index contributed by atoms with van der Waals surface area (Å²) in [5, 5.41) is 25.8. The van der Waals surface area contributed by atoms with E-state index in [9.17, 15) is 23.1 Å². The standard InChI is InChI=1S/C26H28BrF3N4O2/c1-14-16(6-4-7-19(14)28)13-33-25(36)21(24(35)26(3)10-5-11-34(26)33)20(31)12-32-15(2)17-8-9-18(27)23(30)22(17)29/h6,8-9,31-32,35H,2,4-5,7,10-13H2,1,3H3. The third-order valence-electron chi connectivity index (χ3n) is 7.19. The lowest BCUT2D eigenvalue weighted by Gasteiger charge is -2.47. The summed E-state index contributed by atoms with van der Waals surface area (Å²) in [6, 6.07) is 2.69. The van der Waals surface area contributed by atoms with Crippen molar-refractivity contribution in [3.63, 3.8) is 0 Å². The van der Waals surface area contributed by atoms with Crippen molar-refractivity contribution in [1.29, 1.82) is 5.41 Å². The van der Waals surface area contributed by atoms with Crippen molar-refractivity contribution in [3.05, 3.63) is 74.8 Å². The predicted octanol–water partition coefficient (Wildman–Crippen LogP) is 5.69. The van der Waals surface area contributed by atoms with Crippen LogP contribution in [0.3, 0.4) is 0 Å². The summed E-state index contributed by atoms with van der Waals surface area (Å²) in [5.74, 6) is -3.12. The number of nitrogens with one attached hydrogen (secondary N) is 2. The summed E-state index contributed by atoms with van der Waals surface area (Å²) in [7, 11) is 0. The second-order valence-corrected chi connectivity index (χ2v) is 10.3. The van der Waals surface area contributed by atoms with Crippen LogP contribution < -0.4 is 5.32 Å². The third kappa shape index (κ3) is 4.41. The fourth-order valence-electron chi connectivity index (χ4n) is 4.99. The maximum Gasteiger partial charge on any atom is 0.273 e. The van der Waals surface area contributed by atoms with Gasteiger partial charge in [0.25, 0.3) is 5.91 Å². The minimum absolute atomic E-state index is 0.0281. The van der Waals surface area contributed by atoms with E-state index in [-0.39, 0.29) is 51.7 Å². The lowest BCUT2D eigenvalue weighted by Crippen LogP contribution is -2.61. The molecule has 1 aromatic rings. The van der Waals surface area contributed by atoms with Crippen molar-refractivity contribution in [2.45, 2.75) is 45.1 Å². The molecule has 2 aliphatic heterocycles. The number of hydrazine groups is 1. The van der Waals surface area contributed by atoms with Gasteiger partial charge in [0.15, 0.2) is 11.6 Å². The molecule has 0 bridgehead atoms. The van der Waals surface area contributed by atoms with Crippen molar-refractivity contribution in [1.82, 2.24) is 15.3 Å². The van der Waals surface area contributed by atoms with E-state index < -0.39 is 23.1 Å². The molecule has 3 N–H and O–H groups in total. The largest absolute Gasteiger partial charge is 0.509 e. The summed E-state index contributed by atoms with van der Waals surface area (Å²) in [6.45, 7) is 7.64. The van der Waals surface area contributed by atoms with Gasteiger partial charge in [0.05, 0.1) is 28.8 Å². The van der Waals surface area contributed by atoms with Gasteiger partial charge < -0.3 is 15.8 Å². The molecule has 1 amide bonds. The first-order valence-electron chi connectivity index (χ1n) is 11.7. The second-order valence-electron chi connectivity index (χ2n) is 9.42. The maximum atomic E-state index is 14.3. The normalized spacial score (nSPS) is 22.7. The SMILES string of the molecule is C=C(NCC(=N)C1=C(O)C2(C)CCCN2N(CC2=CCCC(F)=C2C)C1=O)c1ccc(Br)c(F)c1F. The Labute approximate surface area is 216 Å². The van der Waals surface area contributed by atoms with Crippen LogP contribution in [-0.4, -0.2) is 51.9 Å². The zero-order valence-corrected chi connectivity index (χ0v) is 21.7. The number of amides is 1. The molecule has 2 heterocycles. The number of rotatable bonds is 7. The van der Waals surface area contributed by atoms with Gasteiger partial charge in [0.1, 0.15) is 17.2 Å². The van der Waals surface area contributed by atoms with Crippen LogP contribution in [0.2, 0.25) is 0 Å². The van der Waals surface area contributed by atoms with E-state index in [1.165, 1.54) is 17.1 Å². The van der Waals surface area contributed by atoms with Crippen molar-refractivity contribution < 1.29 is 23.1 Å². The summed E-state index contributed by atoms with van der Waals surface area (Å²) in [5.41, 5.74) is -0.136. The molecular formula is C26H28BrF3N4O2. The van der Waals surface area contributed by atoms with Crippen molar-refractivity contribution in [2.75, 3.05) is 19.6 Å². The van der Waals surface area contributed by atoms with E-state index in [1.807, 2.05) is 13.0 Å². The molecule has 10 heteroatoms. The van der Waals surface area contributed by atoms with E-state index in [0.29, 0.717) is 37.0 Å². The number of halogens is 4. The van der Waals surface area contributed by atoms with E-state index in [4.69, 9.17) is 5.41 Å². The average Bonchev–Trinajstić information content (AvgIpc) is 3.24. The summed E-state index contributed by atoms with van der Waals surface area (Å²) < 4.78 is 42.5. The van der Waals surface area contributed by atoms with E-state index in [2.05, 4.69) is 27.8 Å². The molecule has 1 fully saturated rings. The second kappa shape index (κ2) is 9.89. The highest BCUT2D eigenvalue weighted by Gasteiger charge is 2.52. The van der Waals surface area contributed by atoms with Crippen LogP contribution in [0.4, 0.5) is 13.2 Å². The molecule has 0 aromatic heterocycles. The van der Waals surface area contributed by atoms with Crippen LogP contribution in [0.15, 0.2) is 57.6 Å². The van der Waals surface area contributed by atoms with Crippen LogP contribution in [0.1, 0.15) is 45.1 Å². The molecule has 0 spiro atoms. The Bertz CT molecular complexity index is 1260. The zero-order chi connectivity index (χ0) is 26.4. The van der Waals surface area contributed by atoms with Crippen LogP contribution in [-0.2, 0) is 4.79 Å². The number of aliphatic hydroxyl groups excluding tert-OH is 1. The maximum absolute atomic E-state index is 14.3. The number of carbonyl (C=O) groups is 1. The highest BCUT2D eigenvalue weighted by atomic mass is 79.9. The Morgan fingerprint density at radius 1 is 1.31 bits per heavy atom. The predicted molar refractivity (Wildman–Crippen MR) is 136 cm³/mol. The molecule has 192 valence electrons. The summed E-state index contributed by atoms with van der Waals surface area (Å²) >= 11 is 2.93. The van der Waals surface area contributed by atoms with Gasteiger partial charge in [-0.3, -0.25) is 9.80 Å². The molecule has 36 heavy (non-hydrogen) atoms. The number of aliphatic hydroxyl groups is 1. The topological polar surface area (TPSA) is 79.7 Å². The van der Waals surface area contributed by atoms with Gasteiger partial charge in [-0.2, -0.15) is 0 Å². The van der Waals surface area contributed by atoms with Gasteiger partial charge in [0, 0.05) is 24.2 Å². The highest BCUT2D eigenvalue weighted by molar-refractivity contribution is 9.10. The van der Waals surface area contributed by atoms with Gasteiger partial charge in [-0.1, -0.05) is 12.7 Å². The molecule has 6 nitrogen and oxygen atoms in total. The zero-order valence-electron chi connectivity index (χ0n) is 20.2. The molecule has 1 aliphatic carbocycles. The molecule has 1 saturated heterocycles. The monoisotopic (exact) mass is 564 g/mol. The lowest BCUT2D eigenvalue weighted by atomic mass is 9.88. The highest BCUT2D eigenvalue weighted by Crippen LogP contribution is 2.42. The minimum atomic E-state index is -1.10. The molecule has 1 atom stereocenters. The van der Waals surface area contributed by atoms with Gasteiger partial charge >= 0.3 is 0 Å². The number of allylic oxidation sites excluding steroid dienone is 2. The molecule has 4 rings (SSSR count). The molecular weight excluding hydrogens is 537 g/mol. The summed E-state index contributed by atoms with van der Waals surface area (Å²) in [4.78, 5) is 13.6. The lowest BCUT2D eigenvalue weighted by molar-refractivity contribution is -0.155. The number of hydrogen-bond acceptors (Lipinski definition) is 5. The van der Waals surface area contributed by atoms with Crippen LogP contribution in [0, 0.1) is 17.0 Å². The fourth-order valence-corrected chi connectivity index (χ4v) is 5.29. The number of fused-ring (bicyclic) bond motifs is 1. The fraction of sp³-hybridized carbons (Fsp3) is 0.385. The van der Waals surface area contributed by atoms with E-state index in [0.717, 1.165) is 6.42 Å². The van der Waals surface area contributed by atoms with Gasteiger partial charge in [-0.05, 0) is 72.3 Å². The molecule has 1 aromatic carbocycles. The van der Waals surface area contributed by atoms with Crippen LogP contribution in [0.5, 0.6) is 0 Å². The van der Waals surface area contributed by atoms with E-state index in [1.54, 1.807) is 11.9 Å². The van der Waals surface area contributed by atoms with Gasteiger partial charge in [-0.15, -0.1) is 0 Å². The van der Waals surface area contributed by atoms with Crippen LogP contribution in [0.25, 0.3) is 5.70 Å². The Balaban J connectivity index is 1.59. The Kier molecular flexibility index (Phi) is 7.21. The average molecular weight is 565 g/mol. The molecule has 0 saturated carbocycles. The quantitative estimate of drug-likeness (QED) is 0.293. The smallest absolute Gasteiger partial charge is 0.273 e. The van der Waals surface area contributed by atoms with Crippen LogP contribution >= 0.6 is 15.9 Å². The molecule has 1 unspecified atom stereocenters. The minimum Gasteiger partial charge on any atom is -0.509 e. The van der Waals surface area contributed by atoms with E-state index >= 15 is 0 Å². The Hall–Kier alpha value is -2.85. The van der Waals surface area contributed by atoms with Gasteiger partial charge in [0.2, 0.25) is 0 Å². The first-order valence-corrected chi connectivity index (χ1v) is 12.5. The number of nitrogens with zero attached hydrogens (tertiary/aromatic N) is 2. The summed E-state index contributed by atoms with van der Waals surface area (Å²) in [6.07, 6.45) is 4.10. The first-order chi connectivity index (χ1) is 17.0. The van der Waals surface area contributed by atoms with Crippen molar-refractivity contribution >= 4 is 33.2 Å². The Morgan fingerprint density at radius 2 is 2.03 bits per heavy atom. The number of carbonyl (C=O) groups excluding carboxylic acids is 1. The first kappa shape index (κ1) is 26.2. The molecule has 0 radical (unpaired) electrons. The molecule has 3 aliphatic rings. The van der Waals surface area contributed by atoms with Crippen molar-refractivity contribution in [2.24, 2.45) is 0 Å². The Morgan fingerprint density at radius 3 is 2.75 bits per heavy atom. The van der Waals surface area contributed by atoms with Crippen molar-refractivity contribution in [3.8, 4) is 0 Å². The number of benzene rings is 1. The van der Waals surface area contributed by atoms with Gasteiger partial charge in [-0.25, -0.2) is 18.2 Å². The third-order valence-corrected chi connectivity index (χ3v) is 7.81.